The van der Waals surface area contributed by atoms with Crippen LogP contribution in [0.25, 0.3) is 0 Å². The van der Waals surface area contributed by atoms with Crippen LogP contribution >= 0.6 is 11.6 Å². The lowest BCUT2D eigenvalue weighted by Gasteiger charge is -2.31. The summed E-state index contributed by atoms with van der Waals surface area (Å²) in [4.78, 5) is 4.13. The van der Waals surface area contributed by atoms with Gasteiger partial charge in [-0.1, -0.05) is 17.7 Å². The minimum absolute atomic E-state index is 0.168. The van der Waals surface area contributed by atoms with E-state index in [1.807, 2.05) is 12.1 Å². The molecule has 6 heteroatoms. The highest BCUT2D eigenvalue weighted by Gasteiger charge is 2.28. The first kappa shape index (κ1) is 15.2. The van der Waals surface area contributed by atoms with Crippen molar-refractivity contribution < 1.29 is 13.9 Å². The summed E-state index contributed by atoms with van der Waals surface area (Å²) in [5, 5.41) is 3.51. The number of ether oxygens (including phenoxy) is 2. The third-order valence-electron chi connectivity index (χ3n) is 3.45. The monoisotopic (exact) mass is 322 g/mol. The molecule has 1 aromatic carbocycles. The van der Waals surface area contributed by atoms with E-state index >= 15 is 0 Å². The van der Waals surface area contributed by atoms with E-state index in [0.29, 0.717) is 18.9 Å². The first-order valence-electron chi connectivity index (χ1n) is 7.08. The number of pyridine rings is 1. The third-order valence-corrected chi connectivity index (χ3v) is 3.75. The Morgan fingerprint density at radius 2 is 2.32 bits per heavy atom. The summed E-state index contributed by atoms with van der Waals surface area (Å²) in [5.41, 5.74) is 0.886. The van der Waals surface area contributed by atoms with Gasteiger partial charge in [-0.25, -0.2) is 4.39 Å². The molecule has 1 N–H and O–H groups in total. The Hall–Kier alpha value is -1.69. The van der Waals surface area contributed by atoms with Gasteiger partial charge in [-0.3, -0.25) is 4.98 Å². The van der Waals surface area contributed by atoms with Crippen LogP contribution in [0.15, 0.2) is 42.7 Å². The summed E-state index contributed by atoms with van der Waals surface area (Å²) < 4.78 is 25.0. The number of benzene rings is 1. The van der Waals surface area contributed by atoms with E-state index in [4.69, 9.17) is 21.1 Å². The van der Waals surface area contributed by atoms with Crippen molar-refractivity contribution in [2.75, 3.05) is 19.7 Å². The van der Waals surface area contributed by atoms with Gasteiger partial charge in [0, 0.05) is 31.0 Å². The van der Waals surface area contributed by atoms with Crippen LogP contribution in [0.4, 0.5) is 4.39 Å². The zero-order valence-corrected chi connectivity index (χ0v) is 12.6. The smallest absolute Gasteiger partial charge is 0.153 e. The number of aromatic nitrogens is 1. The molecule has 1 fully saturated rings. The molecule has 1 aliphatic rings. The lowest BCUT2D eigenvalue weighted by atomic mass is 10.1. The predicted octanol–water partition coefficient (Wildman–Crippen LogP) is 2.98. The van der Waals surface area contributed by atoms with Gasteiger partial charge in [-0.05, 0) is 24.3 Å². The predicted molar refractivity (Wildman–Crippen MR) is 81.6 cm³/mol. The molecule has 0 saturated carbocycles. The van der Waals surface area contributed by atoms with E-state index in [2.05, 4.69) is 10.3 Å². The summed E-state index contributed by atoms with van der Waals surface area (Å²) in [6.07, 6.45) is 2.90. The van der Waals surface area contributed by atoms with Gasteiger partial charge in [0.2, 0.25) is 0 Å². The third kappa shape index (κ3) is 3.55. The van der Waals surface area contributed by atoms with Gasteiger partial charge in [0.05, 0.1) is 11.6 Å². The van der Waals surface area contributed by atoms with Crippen molar-refractivity contribution in [3.8, 4) is 5.75 Å². The van der Waals surface area contributed by atoms with Crippen LogP contribution in [-0.4, -0.2) is 30.8 Å². The van der Waals surface area contributed by atoms with E-state index in [0.717, 1.165) is 12.1 Å². The van der Waals surface area contributed by atoms with Crippen molar-refractivity contribution in [2.45, 2.75) is 12.2 Å². The number of nitrogens with zero attached hydrogens (tertiary/aromatic N) is 1. The maximum Gasteiger partial charge on any atom is 0.153 e. The summed E-state index contributed by atoms with van der Waals surface area (Å²) in [7, 11) is 0. The largest absolute Gasteiger partial charge is 0.481 e. The second-order valence-corrected chi connectivity index (χ2v) is 5.42. The number of rotatable bonds is 4. The molecule has 4 nitrogen and oxygen atoms in total. The Bertz CT molecular complexity index is 621. The Morgan fingerprint density at radius 1 is 1.41 bits per heavy atom. The molecule has 1 saturated heterocycles. The number of nitrogens with one attached hydrogen (secondary N) is 1. The maximum atomic E-state index is 13.2. The molecule has 0 bridgehead atoms. The Morgan fingerprint density at radius 3 is 3.00 bits per heavy atom. The molecule has 2 unspecified atom stereocenters. The second-order valence-electron chi connectivity index (χ2n) is 5.01. The molecule has 1 aliphatic heterocycles. The summed E-state index contributed by atoms with van der Waals surface area (Å²) in [6.45, 7) is 2.09. The average Bonchev–Trinajstić information content (AvgIpc) is 2.56. The van der Waals surface area contributed by atoms with E-state index in [-0.39, 0.29) is 17.2 Å². The maximum absolute atomic E-state index is 13.2. The first-order valence-corrected chi connectivity index (χ1v) is 7.46. The number of hydrogen-bond acceptors (Lipinski definition) is 4. The fraction of sp³-hybridized carbons (Fsp3) is 0.312. The number of halogens is 2. The van der Waals surface area contributed by atoms with Gasteiger partial charge >= 0.3 is 0 Å². The zero-order chi connectivity index (χ0) is 15.4. The molecule has 0 amide bonds. The van der Waals surface area contributed by atoms with Gasteiger partial charge in [-0.2, -0.15) is 0 Å². The molecule has 22 heavy (non-hydrogen) atoms. The standard InChI is InChI=1S/C16H16ClFN2O2/c17-13-8-12(18)3-4-14(13)22-16(11-2-1-5-19-9-11)15-10-20-6-7-21-15/h1-5,8-9,15-16,20H,6-7,10H2. The van der Waals surface area contributed by atoms with Gasteiger partial charge in [-0.15, -0.1) is 0 Å². The normalized spacial score (nSPS) is 19.6. The number of morpholine rings is 1. The highest BCUT2D eigenvalue weighted by Crippen LogP contribution is 2.32. The molecular formula is C16H16ClFN2O2. The molecule has 0 spiro atoms. The van der Waals surface area contributed by atoms with Gasteiger partial charge in [0.25, 0.3) is 0 Å². The molecule has 3 rings (SSSR count). The SMILES string of the molecule is Fc1ccc(OC(c2cccnc2)C2CNCCO2)c(Cl)c1. The lowest BCUT2D eigenvalue weighted by Crippen LogP contribution is -2.43. The van der Waals surface area contributed by atoms with Crippen LogP contribution in [0.2, 0.25) is 5.02 Å². The molecule has 2 aromatic rings. The summed E-state index contributed by atoms with van der Waals surface area (Å²) >= 11 is 6.06. The van der Waals surface area contributed by atoms with E-state index in [9.17, 15) is 4.39 Å². The Kier molecular flexibility index (Phi) is 4.87. The van der Waals surface area contributed by atoms with Crippen molar-refractivity contribution in [2.24, 2.45) is 0 Å². The molecule has 1 aromatic heterocycles. The highest BCUT2D eigenvalue weighted by molar-refractivity contribution is 6.32. The van der Waals surface area contributed by atoms with Crippen molar-refractivity contribution >= 4 is 11.6 Å². The van der Waals surface area contributed by atoms with Gasteiger partial charge in [0.1, 0.15) is 17.7 Å². The quantitative estimate of drug-likeness (QED) is 0.940. The first-order chi connectivity index (χ1) is 10.7. The van der Waals surface area contributed by atoms with Crippen LogP contribution in [-0.2, 0) is 4.74 Å². The van der Waals surface area contributed by atoms with Crippen molar-refractivity contribution in [1.82, 2.24) is 10.3 Å². The van der Waals surface area contributed by atoms with Crippen LogP contribution in [0, 0.1) is 5.82 Å². The highest BCUT2D eigenvalue weighted by atomic mass is 35.5. The molecule has 2 atom stereocenters. The fourth-order valence-electron chi connectivity index (χ4n) is 2.39. The topological polar surface area (TPSA) is 43.4 Å². The summed E-state index contributed by atoms with van der Waals surface area (Å²) in [6, 6.07) is 7.84. The summed E-state index contributed by atoms with van der Waals surface area (Å²) in [5.74, 6) is 0.0250. The zero-order valence-electron chi connectivity index (χ0n) is 11.8. The van der Waals surface area contributed by atoms with E-state index in [1.54, 1.807) is 12.4 Å². The second kappa shape index (κ2) is 7.05. The van der Waals surface area contributed by atoms with Crippen molar-refractivity contribution in [1.29, 1.82) is 0 Å². The lowest BCUT2D eigenvalue weighted by molar-refractivity contribution is -0.0433. The van der Waals surface area contributed by atoms with Crippen molar-refractivity contribution in [3.05, 3.63) is 59.1 Å². The van der Waals surface area contributed by atoms with E-state index in [1.165, 1.54) is 18.2 Å². The molecule has 2 heterocycles. The van der Waals surface area contributed by atoms with Crippen LogP contribution < -0.4 is 10.1 Å². The van der Waals surface area contributed by atoms with Gasteiger partial charge in [0.15, 0.2) is 6.10 Å². The minimum Gasteiger partial charge on any atom is -0.481 e. The van der Waals surface area contributed by atoms with Crippen LogP contribution in [0.3, 0.4) is 0 Å². The minimum atomic E-state index is -0.397. The molecule has 116 valence electrons. The number of hydrogen-bond donors (Lipinski definition) is 1. The van der Waals surface area contributed by atoms with E-state index < -0.39 is 5.82 Å². The average molecular weight is 323 g/mol. The van der Waals surface area contributed by atoms with Crippen LogP contribution in [0.5, 0.6) is 5.75 Å². The fourth-order valence-corrected chi connectivity index (χ4v) is 2.60. The Labute approximate surface area is 133 Å². The molecule has 0 aliphatic carbocycles. The van der Waals surface area contributed by atoms with Crippen molar-refractivity contribution in [3.63, 3.8) is 0 Å². The van der Waals surface area contributed by atoms with Crippen LogP contribution in [0.1, 0.15) is 11.7 Å². The Balaban J connectivity index is 1.87. The molecular weight excluding hydrogens is 307 g/mol. The molecule has 0 radical (unpaired) electrons. The van der Waals surface area contributed by atoms with Gasteiger partial charge < -0.3 is 14.8 Å².